The molecule has 20 heavy (non-hydrogen) atoms. The van der Waals surface area contributed by atoms with Crippen molar-refractivity contribution >= 4 is 17.5 Å². The first-order valence-corrected chi connectivity index (χ1v) is 7.08. The highest BCUT2D eigenvalue weighted by Gasteiger charge is 2.19. The van der Waals surface area contributed by atoms with E-state index in [1.165, 1.54) is 6.33 Å². The van der Waals surface area contributed by atoms with Crippen LogP contribution in [-0.4, -0.2) is 47.5 Å². The second-order valence-electron chi connectivity index (χ2n) is 4.77. The molecule has 0 saturated carbocycles. The first kappa shape index (κ1) is 16.2. The van der Waals surface area contributed by atoms with Gasteiger partial charge in [-0.25, -0.2) is 9.97 Å². The summed E-state index contributed by atoms with van der Waals surface area (Å²) in [5, 5.41) is 6.27. The zero-order valence-electron chi connectivity index (χ0n) is 13.0. The Labute approximate surface area is 121 Å². The quantitative estimate of drug-likeness (QED) is 0.795. The van der Waals surface area contributed by atoms with Gasteiger partial charge in [0.2, 0.25) is 5.91 Å². The average Bonchev–Trinajstić information content (AvgIpc) is 2.47. The minimum Gasteiger partial charge on any atom is -0.373 e. The molecule has 0 aliphatic carbocycles. The van der Waals surface area contributed by atoms with Gasteiger partial charge in [-0.15, -0.1) is 0 Å². The maximum atomic E-state index is 12.1. The molecule has 1 aromatic heterocycles. The molecule has 0 saturated heterocycles. The fraction of sp³-hybridized carbons (Fsp3) is 0.643. The summed E-state index contributed by atoms with van der Waals surface area (Å²) in [7, 11) is 3.64. The van der Waals surface area contributed by atoms with Crippen molar-refractivity contribution in [3.8, 4) is 0 Å². The molecule has 0 aromatic carbocycles. The molecule has 0 fully saturated rings. The van der Waals surface area contributed by atoms with Crippen LogP contribution in [0.4, 0.5) is 11.6 Å². The van der Waals surface area contributed by atoms with Crippen molar-refractivity contribution in [3.63, 3.8) is 0 Å². The lowest BCUT2D eigenvalue weighted by molar-refractivity contribution is -0.130. The SMILES string of the molecule is CCCc1c(NC)ncnc1NC(C)C(=O)N(C)CC. The van der Waals surface area contributed by atoms with Crippen LogP contribution in [0.5, 0.6) is 0 Å². The minimum atomic E-state index is -0.310. The van der Waals surface area contributed by atoms with E-state index in [1.54, 1.807) is 11.9 Å². The summed E-state index contributed by atoms with van der Waals surface area (Å²) in [4.78, 5) is 22.3. The van der Waals surface area contributed by atoms with Crippen molar-refractivity contribution < 1.29 is 4.79 Å². The lowest BCUT2D eigenvalue weighted by Gasteiger charge is -2.22. The highest BCUT2D eigenvalue weighted by molar-refractivity contribution is 5.84. The molecule has 6 nitrogen and oxygen atoms in total. The molecule has 0 spiro atoms. The van der Waals surface area contributed by atoms with Gasteiger partial charge in [0, 0.05) is 26.2 Å². The van der Waals surface area contributed by atoms with E-state index in [2.05, 4.69) is 27.5 Å². The molecular weight excluding hydrogens is 254 g/mol. The van der Waals surface area contributed by atoms with Gasteiger partial charge in [0.15, 0.2) is 0 Å². The topological polar surface area (TPSA) is 70.1 Å². The van der Waals surface area contributed by atoms with E-state index in [1.807, 2.05) is 20.9 Å². The number of amides is 1. The van der Waals surface area contributed by atoms with E-state index >= 15 is 0 Å². The third-order valence-electron chi connectivity index (χ3n) is 3.26. The van der Waals surface area contributed by atoms with Gasteiger partial charge in [0.05, 0.1) is 0 Å². The summed E-state index contributed by atoms with van der Waals surface area (Å²) in [6.07, 6.45) is 3.37. The lowest BCUT2D eigenvalue weighted by atomic mass is 10.1. The van der Waals surface area contributed by atoms with Crippen molar-refractivity contribution in [1.29, 1.82) is 0 Å². The molecule has 1 amide bonds. The minimum absolute atomic E-state index is 0.0552. The number of hydrogen-bond acceptors (Lipinski definition) is 5. The second-order valence-corrected chi connectivity index (χ2v) is 4.77. The molecule has 1 atom stereocenters. The summed E-state index contributed by atoms with van der Waals surface area (Å²) in [5.41, 5.74) is 1.02. The number of carbonyl (C=O) groups is 1. The van der Waals surface area contributed by atoms with Crippen molar-refractivity contribution in [2.75, 3.05) is 31.3 Å². The molecule has 1 rings (SSSR count). The normalized spacial score (nSPS) is 11.8. The van der Waals surface area contributed by atoms with Crippen molar-refractivity contribution in [2.24, 2.45) is 0 Å². The Morgan fingerprint density at radius 1 is 1.35 bits per heavy atom. The van der Waals surface area contributed by atoms with Crippen LogP contribution < -0.4 is 10.6 Å². The number of hydrogen-bond donors (Lipinski definition) is 2. The highest BCUT2D eigenvalue weighted by atomic mass is 16.2. The Bertz CT molecular complexity index is 449. The molecule has 6 heteroatoms. The first-order valence-electron chi connectivity index (χ1n) is 7.08. The number of carbonyl (C=O) groups excluding carboxylic acids is 1. The zero-order chi connectivity index (χ0) is 15.1. The number of likely N-dealkylation sites (N-methyl/N-ethyl adjacent to an activating group) is 1. The van der Waals surface area contributed by atoms with Crippen molar-refractivity contribution in [3.05, 3.63) is 11.9 Å². The molecule has 1 aromatic rings. The molecular formula is C14H25N5O. The van der Waals surface area contributed by atoms with E-state index in [0.29, 0.717) is 6.54 Å². The molecule has 0 aliphatic heterocycles. The summed E-state index contributed by atoms with van der Waals surface area (Å²) in [6, 6.07) is -0.310. The highest BCUT2D eigenvalue weighted by Crippen LogP contribution is 2.22. The van der Waals surface area contributed by atoms with Crippen LogP contribution in [0.2, 0.25) is 0 Å². The fourth-order valence-corrected chi connectivity index (χ4v) is 1.99. The van der Waals surface area contributed by atoms with E-state index in [4.69, 9.17) is 0 Å². The Morgan fingerprint density at radius 3 is 2.55 bits per heavy atom. The standard InChI is InChI=1S/C14H25N5O/c1-6-8-11-12(15-4)16-9-17-13(11)18-10(3)14(20)19(5)7-2/h9-10H,6-8H2,1-5H3,(H2,15,16,17,18). The zero-order valence-corrected chi connectivity index (χ0v) is 13.0. The summed E-state index contributed by atoms with van der Waals surface area (Å²) < 4.78 is 0. The van der Waals surface area contributed by atoms with Crippen molar-refractivity contribution in [1.82, 2.24) is 14.9 Å². The fourth-order valence-electron chi connectivity index (χ4n) is 1.99. The predicted octanol–water partition coefficient (Wildman–Crippen LogP) is 1.75. The number of nitrogens with zero attached hydrogens (tertiary/aromatic N) is 3. The van der Waals surface area contributed by atoms with Gasteiger partial charge in [-0.05, 0) is 20.3 Å². The van der Waals surface area contributed by atoms with Gasteiger partial charge < -0.3 is 15.5 Å². The van der Waals surface area contributed by atoms with Gasteiger partial charge in [-0.3, -0.25) is 4.79 Å². The number of aromatic nitrogens is 2. The third-order valence-corrected chi connectivity index (χ3v) is 3.26. The van der Waals surface area contributed by atoms with Crippen LogP contribution >= 0.6 is 0 Å². The Morgan fingerprint density at radius 2 is 2.00 bits per heavy atom. The smallest absolute Gasteiger partial charge is 0.244 e. The maximum Gasteiger partial charge on any atom is 0.244 e. The molecule has 1 unspecified atom stereocenters. The van der Waals surface area contributed by atoms with Gasteiger partial charge in [-0.2, -0.15) is 0 Å². The van der Waals surface area contributed by atoms with Crippen LogP contribution in [-0.2, 0) is 11.2 Å². The van der Waals surface area contributed by atoms with E-state index < -0.39 is 0 Å². The largest absolute Gasteiger partial charge is 0.373 e. The number of nitrogens with one attached hydrogen (secondary N) is 2. The average molecular weight is 279 g/mol. The van der Waals surface area contributed by atoms with Crippen molar-refractivity contribution in [2.45, 2.75) is 39.7 Å². The van der Waals surface area contributed by atoms with E-state index in [0.717, 1.165) is 30.0 Å². The Balaban J connectivity index is 2.94. The van der Waals surface area contributed by atoms with Gasteiger partial charge in [0.1, 0.15) is 24.0 Å². The Hall–Kier alpha value is -1.85. The lowest BCUT2D eigenvalue weighted by Crippen LogP contribution is -2.39. The monoisotopic (exact) mass is 279 g/mol. The molecule has 0 radical (unpaired) electrons. The van der Waals surface area contributed by atoms with Gasteiger partial charge >= 0.3 is 0 Å². The van der Waals surface area contributed by atoms with Gasteiger partial charge in [0.25, 0.3) is 0 Å². The summed E-state index contributed by atoms with van der Waals surface area (Å²) >= 11 is 0. The van der Waals surface area contributed by atoms with Crippen LogP contribution in [0, 0.1) is 0 Å². The molecule has 0 bridgehead atoms. The first-order chi connectivity index (χ1) is 9.54. The Kier molecular flexibility index (Phi) is 6.21. The third kappa shape index (κ3) is 3.82. The van der Waals surface area contributed by atoms with Crippen LogP contribution in [0.3, 0.4) is 0 Å². The number of rotatable bonds is 7. The molecule has 2 N–H and O–H groups in total. The molecule has 0 aliphatic rings. The second kappa shape index (κ2) is 7.67. The maximum absolute atomic E-state index is 12.1. The van der Waals surface area contributed by atoms with Gasteiger partial charge in [-0.1, -0.05) is 13.3 Å². The van der Waals surface area contributed by atoms with Crippen LogP contribution in [0.15, 0.2) is 6.33 Å². The van der Waals surface area contributed by atoms with E-state index in [-0.39, 0.29) is 11.9 Å². The predicted molar refractivity (Wildman–Crippen MR) is 82.0 cm³/mol. The van der Waals surface area contributed by atoms with Crippen LogP contribution in [0.25, 0.3) is 0 Å². The summed E-state index contributed by atoms with van der Waals surface area (Å²) in [6.45, 7) is 6.61. The van der Waals surface area contributed by atoms with E-state index in [9.17, 15) is 4.79 Å². The summed E-state index contributed by atoms with van der Waals surface area (Å²) in [5.74, 6) is 1.60. The molecule has 112 valence electrons. The number of anilines is 2. The van der Waals surface area contributed by atoms with Crippen LogP contribution in [0.1, 0.15) is 32.8 Å². The molecule has 1 heterocycles.